The maximum absolute atomic E-state index is 10.4. The van der Waals surface area contributed by atoms with Gasteiger partial charge in [-0.25, -0.2) is 0 Å². The van der Waals surface area contributed by atoms with Crippen molar-refractivity contribution in [2.24, 2.45) is 5.73 Å². The van der Waals surface area contributed by atoms with Gasteiger partial charge in [0.15, 0.2) is 0 Å². The normalized spacial score (nSPS) is 18.7. The van der Waals surface area contributed by atoms with E-state index in [0.29, 0.717) is 0 Å². The third-order valence-corrected chi connectivity index (χ3v) is 2.12. The van der Waals surface area contributed by atoms with E-state index in [9.17, 15) is 10.1 Å². The summed E-state index contributed by atoms with van der Waals surface area (Å²) in [5.74, 6) is 0. The molecule has 0 saturated heterocycles. The average molecular weight is 176 g/mol. The molecule has 13 heavy (non-hydrogen) atoms. The predicted molar refractivity (Wildman–Crippen MR) is 49.1 cm³/mol. The van der Waals surface area contributed by atoms with Gasteiger partial charge < -0.3 is 5.73 Å². The number of hydrogen-bond donors (Lipinski definition) is 1. The number of nitro benzene ring substituents is 1. The summed E-state index contributed by atoms with van der Waals surface area (Å²) in [6, 6.07) is 4.61. The van der Waals surface area contributed by atoms with E-state index in [1.54, 1.807) is 12.1 Å². The van der Waals surface area contributed by atoms with Gasteiger partial charge in [0, 0.05) is 18.2 Å². The Kier molecular flexibility index (Phi) is 1.63. The Morgan fingerprint density at radius 2 is 2.23 bits per heavy atom. The highest BCUT2D eigenvalue weighted by Crippen LogP contribution is 2.29. The van der Waals surface area contributed by atoms with Crippen LogP contribution in [0, 0.1) is 10.1 Å². The summed E-state index contributed by atoms with van der Waals surface area (Å²) < 4.78 is 0. The van der Waals surface area contributed by atoms with Crippen molar-refractivity contribution in [3.05, 3.63) is 45.5 Å². The molecule has 0 amide bonds. The molecule has 0 unspecified atom stereocenters. The molecule has 2 N–H and O–H groups in total. The first-order valence-corrected chi connectivity index (χ1v) is 3.90. The van der Waals surface area contributed by atoms with Crippen molar-refractivity contribution < 1.29 is 4.92 Å². The zero-order valence-electron chi connectivity index (χ0n) is 6.81. The van der Waals surface area contributed by atoms with Crippen molar-refractivity contribution in [1.82, 2.24) is 0 Å². The monoisotopic (exact) mass is 176 g/mol. The van der Waals surface area contributed by atoms with Crippen LogP contribution in [0.25, 0.3) is 6.08 Å². The number of fused-ring (bicyclic) bond motifs is 1. The van der Waals surface area contributed by atoms with Gasteiger partial charge in [0.2, 0.25) is 0 Å². The second-order valence-corrected chi connectivity index (χ2v) is 2.96. The third-order valence-electron chi connectivity index (χ3n) is 2.12. The largest absolute Gasteiger partial charge is 0.321 e. The topological polar surface area (TPSA) is 69.2 Å². The molecule has 4 nitrogen and oxygen atoms in total. The smallest absolute Gasteiger partial charge is 0.270 e. The Balaban J connectivity index is 2.50. The molecule has 1 aliphatic rings. The average Bonchev–Trinajstić information content (AvgIpc) is 2.47. The van der Waals surface area contributed by atoms with Crippen LogP contribution in [0.15, 0.2) is 24.3 Å². The molecule has 0 spiro atoms. The molecule has 1 atom stereocenters. The lowest BCUT2D eigenvalue weighted by Crippen LogP contribution is -2.04. The summed E-state index contributed by atoms with van der Waals surface area (Å²) in [4.78, 5) is 10.0. The summed E-state index contributed by atoms with van der Waals surface area (Å²) in [5.41, 5.74) is 7.62. The Morgan fingerprint density at radius 1 is 1.46 bits per heavy atom. The molecular weight excluding hydrogens is 168 g/mol. The minimum Gasteiger partial charge on any atom is -0.321 e. The maximum Gasteiger partial charge on any atom is 0.270 e. The van der Waals surface area contributed by atoms with Crippen LogP contribution in [0.3, 0.4) is 0 Å². The molecule has 1 aromatic rings. The molecular formula is C9H8N2O2. The highest BCUT2D eigenvalue weighted by molar-refractivity contribution is 5.64. The van der Waals surface area contributed by atoms with Crippen molar-refractivity contribution >= 4 is 11.8 Å². The summed E-state index contributed by atoms with van der Waals surface area (Å²) in [7, 11) is 0. The SMILES string of the molecule is N[C@H]1C=Cc2cc([N+](=O)[O-])ccc21. The van der Waals surface area contributed by atoms with Crippen molar-refractivity contribution in [3.63, 3.8) is 0 Å². The van der Waals surface area contributed by atoms with Gasteiger partial charge in [-0.1, -0.05) is 12.2 Å². The molecule has 0 heterocycles. The van der Waals surface area contributed by atoms with Crippen LogP contribution in [0.2, 0.25) is 0 Å². The molecule has 4 heteroatoms. The van der Waals surface area contributed by atoms with Gasteiger partial charge in [-0.3, -0.25) is 10.1 Å². The molecule has 2 rings (SSSR count). The molecule has 0 bridgehead atoms. The van der Waals surface area contributed by atoms with Crippen molar-refractivity contribution in [2.75, 3.05) is 0 Å². The molecule has 0 saturated carbocycles. The molecule has 1 aromatic carbocycles. The number of benzene rings is 1. The zero-order chi connectivity index (χ0) is 9.42. The third kappa shape index (κ3) is 1.21. The van der Waals surface area contributed by atoms with Gasteiger partial charge in [0.25, 0.3) is 5.69 Å². The van der Waals surface area contributed by atoms with E-state index in [2.05, 4.69) is 0 Å². The molecule has 0 aliphatic heterocycles. The van der Waals surface area contributed by atoms with Crippen LogP contribution >= 0.6 is 0 Å². The number of non-ortho nitro benzene ring substituents is 1. The van der Waals surface area contributed by atoms with Crippen LogP contribution in [0.4, 0.5) is 5.69 Å². The highest BCUT2D eigenvalue weighted by atomic mass is 16.6. The van der Waals surface area contributed by atoms with Gasteiger partial charge >= 0.3 is 0 Å². The minimum atomic E-state index is -0.405. The lowest BCUT2D eigenvalue weighted by molar-refractivity contribution is -0.384. The standard InChI is InChI=1S/C9H8N2O2/c10-9-4-1-6-5-7(11(12)13)2-3-8(6)9/h1-5,9H,10H2/t9-/m0/s1. The van der Waals surface area contributed by atoms with Crippen LogP contribution in [-0.4, -0.2) is 4.92 Å². The maximum atomic E-state index is 10.4. The van der Waals surface area contributed by atoms with E-state index in [0.717, 1.165) is 11.1 Å². The van der Waals surface area contributed by atoms with E-state index >= 15 is 0 Å². The molecule has 0 aromatic heterocycles. The fourth-order valence-corrected chi connectivity index (χ4v) is 1.43. The Hall–Kier alpha value is -1.68. The van der Waals surface area contributed by atoms with Crippen LogP contribution in [0.1, 0.15) is 17.2 Å². The highest BCUT2D eigenvalue weighted by Gasteiger charge is 2.16. The second-order valence-electron chi connectivity index (χ2n) is 2.96. The number of nitro groups is 1. The molecule has 66 valence electrons. The molecule has 0 radical (unpaired) electrons. The summed E-state index contributed by atoms with van der Waals surface area (Å²) in [6.07, 6.45) is 3.64. The predicted octanol–water partition coefficient (Wildman–Crippen LogP) is 1.62. The zero-order valence-corrected chi connectivity index (χ0v) is 6.81. The molecule has 1 aliphatic carbocycles. The first-order valence-electron chi connectivity index (χ1n) is 3.90. The van der Waals surface area contributed by atoms with Gasteiger partial charge in [-0.15, -0.1) is 0 Å². The number of hydrogen-bond acceptors (Lipinski definition) is 3. The quantitative estimate of drug-likeness (QED) is 0.522. The van der Waals surface area contributed by atoms with Crippen LogP contribution in [-0.2, 0) is 0 Å². The van der Waals surface area contributed by atoms with Gasteiger partial charge in [-0.2, -0.15) is 0 Å². The van der Waals surface area contributed by atoms with Gasteiger partial charge in [0.05, 0.1) is 4.92 Å². The fourth-order valence-electron chi connectivity index (χ4n) is 1.43. The number of nitrogens with two attached hydrogens (primary N) is 1. The molecule has 0 fully saturated rings. The van der Waals surface area contributed by atoms with Crippen LogP contribution < -0.4 is 5.73 Å². The van der Waals surface area contributed by atoms with Gasteiger partial charge in [-0.05, 0) is 17.2 Å². The summed E-state index contributed by atoms with van der Waals surface area (Å²) >= 11 is 0. The van der Waals surface area contributed by atoms with Crippen molar-refractivity contribution in [1.29, 1.82) is 0 Å². The van der Waals surface area contributed by atoms with E-state index in [4.69, 9.17) is 5.73 Å². The minimum absolute atomic E-state index is 0.109. The lowest BCUT2D eigenvalue weighted by Gasteiger charge is -2.03. The van der Waals surface area contributed by atoms with E-state index in [-0.39, 0.29) is 11.7 Å². The number of nitrogens with zero attached hydrogens (tertiary/aromatic N) is 1. The fraction of sp³-hybridized carbons (Fsp3) is 0.111. The lowest BCUT2D eigenvalue weighted by atomic mass is 10.1. The summed E-state index contributed by atoms with van der Waals surface area (Å²) in [5, 5.41) is 10.4. The van der Waals surface area contributed by atoms with Gasteiger partial charge in [0.1, 0.15) is 0 Å². The Morgan fingerprint density at radius 3 is 2.92 bits per heavy atom. The Labute approximate surface area is 74.8 Å². The number of rotatable bonds is 1. The first kappa shape index (κ1) is 7.94. The Bertz CT molecular complexity index is 399. The van der Waals surface area contributed by atoms with E-state index in [1.807, 2.05) is 12.2 Å². The van der Waals surface area contributed by atoms with Crippen molar-refractivity contribution in [2.45, 2.75) is 6.04 Å². The van der Waals surface area contributed by atoms with Crippen molar-refractivity contribution in [3.8, 4) is 0 Å². The summed E-state index contributed by atoms with van der Waals surface area (Å²) in [6.45, 7) is 0. The van der Waals surface area contributed by atoms with Crippen LogP contribution in [0.5, 0.6) is 0 Å². The van der Waals surface area contributed by atoms with E-state index < -0.39 is 4.92 Å². The van der Waals surface area contributed by atoms with E-state index in [1.165, 1.54) is 6.07 Å². The second kappa shape index (κ2) is 2.67. The first-order chi connectivity index (χ1) is 6.18.